The zero-order chi connectivity index (χ0) is 25.7. The smallest absolute Gasteiger partial charge is 0.379 e. The van der Waals surface area contributed by atoms with Gasteiger partial charge in [-0.2, -0.15) is 9.78 Å². The number of amides is 1. The van der Waals surface area contributed by atoms with Crippen molar-refractivity contribution in [2.45, 2.75) is 0 Å². The van der Waals surface area contributed by atoms with E-state index >= 15 is 0 Å². The molecule has 0 aromatic carbocycles. The predicted octanol–water partition coefficient (Wildman–Crippen LogP) is 1.62. The number of nitrogens with zero attached hydrogens (tertiary/aromatic N) is 5. The molecule has 0 saturated carbocycles. The molecule has 0 aliphatic rings. The van der Waals surface area contributed by atoms with Gasteiger partial charge in [0.1, 0.15) is 29.6 Å². The summed E-state index contributed by atoms with van der Waals surface area (Å²) >= 11 is 1.02. The summed E-state index contributed by atoms with van der Waals surface area (Å²) < 4.78 is 27.8. The molecule has 14 nitrogen and oxygen atoms in total. The van der Waals surface area contributed by atoms with Gasteiger partial charge in [-0.15, -0.1) is 10.2 Å². The summed E-state index contributed by atoms with van der Waals surface area (Å²) in [4.78, 5) is 30.1. The third kappa shape index (κ3) is 5.11. The molecule has 0 unspecified atom stereocenters. The van der Waals surface area contributed by atoms with E-state index in [4.69, 9.17) is 29.1 Å². The topological polar surface area (TPSA) is 179 Å². The van der Waals surface area contributed by atoms with E-state index in [-0.39, 0.29) is 46.9 Å². The Kier molecular flexibility index (Phi) is 7.41. The molecule has 0 aliphatic carbocycles. The highest BCUT2D eigenvalue weighted by atomic mass is 32.1. The fourth-order valence-corrected chi connectivity index (χ4v) is 3.73. The Morgan fingerprint density at radius 2 is 2.03 bits per heavy atom. The molecule has 0 saturated heterocycles. The second-order valence-corrected chi connectivity index (χ2v) is 7.88. The largest absolute Gasteiger partial charge is 0.495 e. The Hall–Kier alpha value is -4.50. The minimum Gasteiger partial charge on any atom is -0.495 e. The van der Waals surface area contributed by atoms with Crippen LogP contribution in [-0.2, 0) is 4.74 Å². The van der Waals surface area contributed by atoms with Gasteiger partial charge in [0.25, 0.3) is 5.91 Å². The molecule has 0 spiro atoms. The maximum Gasteiger partial charge on any atom is 0.379 e. The van der Waals surface area contributed by atoms with Crippen molar-refractivity contribution in [3.8, 4) is 33.6 Å². The molecule has 0 atom stereocenters. The van der Waals surface area contributed by atoms with Crippen LogP contribution in [-0.4, -0.2) is 65.4 Å². The molecule has 15 heteroatoms. The zero-order valence-corrected chi connectivity index (χ0v) is 20.2. The van der Waals surface area contributed by atoms with E-state index in [1.807, 2.05) is 0 Å². The first-order valence-corrected chi connectivity index (χ1v) is 11.1. The van der Waals surface area contributed by atoms with Gasteiger partial charge in [0.2, 0.25) is 16.0 Å². The Morgan fingerprint density at radius 1 is 1.19 bits per heavy atom. The number of nitrogens with one attached hydrogen (secondary N) is 1. The highest BCUT2D eigenvalue weighted by molar-refractivity contribution is 7.17. The van der Waals surface area contributed by atoms with Gasteiger partial charge in [0.15, 0.2) is 5.76 Å². The molecular formula is C21H21N7O7S. The number of ether oxygens (including phenoxy) is 4. The Bertz CT molecular complexity index is 1430. The molecule has 4 rings (SSSR count). The van der Waals surface area contributed by atoms with Gasteiger partial charge in [-0.25, -0.2) is 9.78 Å². The molecule has 0 radical (unpaired) electrons. The van der Waals surface area contributed by atoms with E-state index in [0.29, 0.717) is 16.7 Å². The van der Waals surface area contributed by atoms with Crippen LogP contribution >= 0.6 is 11.3 Å². The van der Waals surface area contributed by atoms with Crippen LogP contribution < -0.4 is 30.9 Å². The molecule has 36 heavy (non-hydrogen) atoms. The molecule has 0 aliphatic heterocycles. The van der Waals surface area contributed by atoms with Crippen molar-refractivity contribution < 1.29 is 28.2 Å². The van der Waals surface area contributed by atoms with Gasteiger partial charge in [-0.05, 0) is 0 Å². The van der Waals surface area contributed by atoms with Gasteiger partial charge in [-0.3, -0.25) is 10.1 Å². The van der Waals surface area contributed by atoms with Gasteiger partial charge in [0, 0.05) is 25.3 Å². The van der Waals surface area contributed by atoms with Gasteiger partial charge in [0.05, 0.1) is 38.8 Å². The number of carbonyl (C=O) groups is 1. The van der Waals surface area contributed by atoms with E-state index in [1.54, 1.807) is 12.1 Å². The molecular weight excluding hydrogens is 494 g/mol. The van der Waals surface area contributed by atoms with E-state index in [2.05, 4.69) is 25.6 Å². The highest BCUT2D eigenvalue weighted by Gasteiger charge is 2.23. The number of nitrogen functional groups attached to an aromatic ring is 1. The van der Waals surface area contributed by atoms with Gasteiger partial charge < -0.3 is 29.1 Å². The second kappa shape index (κ2) is 10.8. The second-order valence-electron chi connectivity index (χ2n) is 6.92. The fourth-order valence-electron chi connectivity index (χ4n) is 3.01. The lowest BCUT2D eigenvalue weighted by Gasteiger charge is -2.14. The van der Waals surface area contributed by atoms with E-state index in [0.717, 1.165) is 11.3 Å². The molecule has 4 aromatic rings. The summed E-state index contributed by atoms with van der Waals surface area (Å²) in [7, 11) is 4.41. The number of carbonyl (C=O) groups excluding carboxylic acids is 1. The third-order valence-electron chi connectivity index (χ3n) is 4.69. The number of methoxy groups -OCH3 is 3. The summed E-state index contributed by atoms with van der Waals surface area (Å²) in [6.45, 7) is 0.275. The lowest BCUT2D eigenvalue weighted by atomic mass is 10.1. The van der Waals surface area contributed by atoms with Crippen molar-refractivity contribution in [3.63, 3.8) is 0 Å². The summed E-state index contributed by atoms with van der Waals surface area (Å²) in [6.07, 6.45) is 2.94. The molecule has 0 bridgehead atoms. The van der Waals surface area contributed by atoms with Crippen LogP contribution in [0.4, 0.5) is 10.9 Å². The standard InChI is InChI=1S/C21H21N7O7S/c1-31-6-7-34-17-12(16-13(33-3)8-11(32-2)10-23-16)9-14(35-19(17)30)18(29)25-20-26-27-21(36-20)28-15(22)4-5-24-28/h4-5,8-10H,6-7,22H2,1-3H3,(H,25,26,29). The number of rotatable bonds is 10. The number of pyridine rings is 1. The maximum absolute atomic E-state index is 13.0. The number of anilines is 2. The summed E-state index contributed by atoms with van der Waals surface area (Å²) in [5, 5.41) is 14.9. The van der Waals surface area contributed by atoms with Crippen molar-refractivity contribution in [2.75, 3.05) is 45.6 Å². The highest BCUT2D eigenvalue weighted by Crippen LogP contribution is 2.35. The van der Waals surface area contributed by atoms with Crippen LogP contribution in [0.25, 0.3) is 16.4 Å². The van der Waals surface area contributed by atoms with Crippen molar-refractivity contribution in [3.05, 3.63) is 46.8 Å². The zero-order valence-electron chi connectivity index (χ0n) is 19.4. The first-order chi connectivity index (χ1) is 17.4. The minimum absolute atomic E-state index is 0.0579. The number of hydrogen-bond donors (Lipinski definition) is 2. The van der Waals surface area contributed by atoms with E-state index in [9.17, 15) is 9.59 Å². The summed E-state index contributed by atoms with van der Waals surface area (Å²) in [5.74, 6) is -0.155. The minimum atomic E-state index is -0.893. The summed E-state index contributed by atoms with van der Waals surface area (Å²) in [5.41, 5.74) is 5.34. The lowest BCUT2D eigenvalue weighted by molar-refractivity contribution is 0.0990. The van der Waals surface area contributed by atoms with Crippen LogP contribution in [0.15, 0.2) is 39.8 Å². The van der Waals surface area contributed by atoms with Crippen molar-refractivity contribution in [1.29, 1.82) is 0 Å². The average molecular weight is 516 g/mol. The molecule has 4 heterocycles. The van der Waals surface area contributed by atoms with Crippen LogP contribution in [0, 0.1) is 0 Å². The Morgan fingerprint density at radius 3 is 2.72 bits per heavy atom. The van der Waals surface area contributed by atoms with Crippen molar-refractivity contribution in [1.82, 2.24) is 25.0 Å². The van der Waals surface area contributed by atoms with Crippen LogP contribution in [0.3, 0.4) is 0 Å². The lowest BCUT2D eigenvalue weighted by Crippen LogP contribution is -2.18. The fraction of sp³-hybridized carbons (Fsp3) is 0.238. The Balaban J connectivity index is 1.70. The van der Waals surface area contributed by atoms with E-state index < -0.39 is 11.5 Å². The first-order valence-electron chi connectivity index (χ1n) is 10.3. The normalized spacial score (nSPS) is 10.8. The predicted molar refractivity (Wildman–Crippen MR) is 128 cm³/mol. The SMILES string of the molecule is COCCOc1c(-c2ncc(OC)cc2OC)cc(C(=O)Nc2nnc(-n3nccc3N)s2)oc1=O. The van der Waals surface area contributed by atoms with Gasteiger partial charge in [-0.1, -0.05) is 11.3 Å². The monoisotopic (exact) mass is 515 g/mol. The van der Waals surface area contributed by atoms with Gasteiger partial charge >= 0.3 is 5.63 Å². The molecule has 0 fully saturated rings. The van der Waals surface area contributed by atoms with Crippen molar-refractivity contribution >= 4 is 28.2 Å². The third-order valence-corrected chi connectivity index (χ3v) is 5.51. The molecule has 3 N–H and O–H groups in total. The first kappa shape index (κ1) is 24.6. The number of hydrogen-bond acceptors (Lipinski definition) is 13. The number of nitrogens with two attached hydrogens (primary N) is 1. The average Bonchev–Trinajstić information content (AvgIpc) is 3.52. The van der Waals surface area contributed by atoms with Crippen molar-refractivity contribution in [2.24, 2.45) is 0 Å². The molecule has 188 valence electrons. The molecule has 1 amide bonds. The number of aromatic nitrogens is 5. The van der Waals surface area contributed by atoms with Crippen LogP contribution in [0.2, 0.25) is 0 Å². The quantitative estimate of drug-likeness (QED) is 0.292. The Labute approximate surface area is 207 Å². The van der Waals surface area contributed by atoms with Crippen LogP contribution in [0.5, 0.6) is 17.2 Å². The molecule has 4 aromatic heterocycles. The van der Waals surface area contributed by atoms with Crippen LogP contribution in [0.1, 0.15) is 10.6 Å². The summed E-state index contributed by atoms with van der Waals surface area (Å²) in [6, 6.07) is 4.50. The maximum atomic E-state index is 13.0. The van der Waals surface area contributed by atoms with E-state index in [1.165, 1.54) is 44.5 Å².